The van der Waals surface area contributed by atoms with Crippen molar-refractivity contribution in [2.75, 3.05) is 19.8 Å². The summed E-state index contributed by atoms with van der Waals surface area (Å²) in [6.07, 6.45) is 35.7. The maximum atomic E-state index is 13.3. The standard InChI is InChI=1S/C58H107NO13/c1-3-5-7-9-11-13-15-17-19-21-22-23-24-26-27-29-31-33-35-37-39-41-47(62)46(59-50(63)42-40-38-36-34-32-30-28-25-20-18-16-14-12-10-8-6-4-2)45-69-57-55(68)53(66)56(49(44-61)71-57)72-58-54(67)52(65)51(64)48(43-60)70-58/h6,8,12,14,18,20,46-49,51-58,60-62,64-68H,3-5,7,9-11,13,15-17,19,21-45H2,1-2H3,(H,59,63)/b8-6-,14-12-,20-18-. The van der Waals surface area contributed by atoms with Gasteiger partial charge in [0.1, 0.15) is 48.8 Å². The molecule has 0 aromatic carbocycles. The number of amides is 1. The number of aliphatic hydroxyl groups is 8. The maximum Gasteiger partial charge on any atom is 0.220 e. The van der Waals surface area contributed by atoms with Gasteiger partial charge in [-0.1, -0.05) is 217 Å². The molecule has 0 aromatic heterocycles. The topological polar surface area (TPSA) is 228 Å². The Morgan fingerprint density at radius 2 is 0.958 bits per heavy atom. The fourth-order valence-electron chi connectivity index (χ4n) is 9.66. The Hall–Kier alpha value is -1.79. The minimum Gasteiger partial charge on any atom is -0.394 e. The number of aliphatic hydroxyl groups excluding tert-OH is 8. The molecule has 12 atom stereocenters. The SMILES string of the molecule is CC/C=C\C/C=C\C/C=C\CCCCCCCCCC(=O)NC(COC1OC(CO)C(OC2OC(CO)C(O)C(O)C2O)C(O)C1O)C(O)CCCCCCCCCCCCCCCCCCCCCCC. The average Bonchev–Trinajstić information content (AvgIpc) is 3.38. The van der Waals surface area contributed by atoms with E-state index in [4.69, 9.17) is 18.9 Å². The summed E-state index contributed by atoms with van der Waals surface area (Å²) < 4.78 is 22.8. The van der Waals surface area contributed by atoms with E-state index >= 15 is 0 Å². The second-order valence-electron chi connectivity index (χ2n) is 20.7. The van der Waals surface area contributed by atoms with E-state index in [9.17, 15) is 45.6 Å². The summed E-state index contributed by atoms with van der Waals surface area (Å²) in [4.78, 5) is 13.3. The molecule has 14 nitrogen and oxygen atoms in total. The van der Waals surface area contributed by atoms with Gasteiger partial charge < -0.3 is 65.1 Å². The lowest BCUT2D eigenvalue weighted by Crippen LogP contribution is -2.65. The molecule has 2 aliphatic heterocycles. The van der Waals surface area contributed by atoms with Crippen molar-refractivity contribution in [3.8, 4) is 0 Å². The quantitative estimate of drug-likeness (QED) is 0.0205. The van der Waals surface area contributed by atoms with Crippen LogP contribution in [0.5, 0.6) is 0 Å². The van der Waals surface area contributed by atoms with Gasteiger partial charge in [-0.2, -0.15) is 0 Å². The molecule has 2 rings (SSSR count). The van der Waals surface area contributed by atoms with E-state index in [1.165, 1.54) is 122 Å². The molecule has 9 N–H and O–H groups in total. The number of carbonyl (C=O) groups is 1. The maximum absolute atomic E-state index is 13.3. The van der Waals surface area contributed by atoms with Crippen molar-refractivity contribution < 1.29 is 64.6 Å². The van der Waals surface area contributed by atoms with Crippen molar-refractivity contribution in [1.29, 1.82) is 0 Å². The predicted octanol–water partition coefficient (Wildman–Crippen LogP) is 9.44. The third-order valence-electron chi connectivity index (χ3n) is 14.4. The van der Waals surface area contributed by atoms with E-state index in [0.717, 1.165) is 77.0 Å². The molecule has 72 heavy (non-hydrogen) atoms. The molecule has 2 fully saturated rings. The van der Waals surface area contributed by atoms with Crippen LogP contribution in [0.3, 0.4) is 0 Å². The van der Waals surface area contributed by atoms with Crippen LogP contribution in [0.2, 0.25) is 0 Å². The smallest absolute Gasteiger partial charge is 0.220 e. The van der Waals surface area contributed by atoms with Gasteiger partial charge in [-0.15, -0.1) is 0 Å². The first-order chi connectivity index (χ1) is 35.1. The van der Waals surface area contributed by atoms with Gasteiger partial charge in [0.25, 0.3) is 0 Å². The lowest BCUT2D eigenvalue weighted by Gasteiger charge is -2.46. The van der Waals surface area contributed by atoms with E-state index in [0.29, 0.717) is 19.3 Å². The number of rotatable bonds is 46. The minimum absolute atomic E-state index is 0.216. The van der Waals surface area contributed by atoms with Gasteiger partial charge in [-0.05, 0) is 44.9 Å². The Kier molecular flexibility index (Phi) is 40.9. The molecule has 0 bridgehead atoms. The molecule has 2 saturated heterocycles. The first-order valence-corrected chi connectivity index (χ1v) is 29.2. The molecule has 14 heteroatoms. The number of hydrogen-bond donors (Lipinski definition) is 9. The Labute approximate surface area is 436 Å². The van der Waals surface area contributed by atoms with Gasteiger partial charge in [-0.25, -0.2) is 0 Å². The number of hydrogen-bond acceptors (Lipinski definition) is 13. The van der Waals surface area contributed by atoms with Crippen molar-refractivity contribution >= 4 is 5.91 Å². The van der Waals surface area contributed by atoms with Crippen LogP contribution in [0.15, 0.2) is 36.5 Å². The molecule has 0 radical (unpaired) electrons. The molecule has 0 spiro atoms. The highest BCUT2D eigenvalue weighted by molar-refractivity contribution is 5.76. The van der Waals surface area contributed by atoms with E-state index < -0.39 is 86.8 Å². The van der Waals surface area contributed by atoms with Crippen molar-refractivity contribution in [3.05, 3.63) is 36.5 Å². The first kappa shape index (κ1) is 66.3. The van der Waals surface area contributed by atoms with Crippen molar-refractivity contribution in [3.63, 3.8) is 0 Å². The number of unbranched alkanes of at least 4 members (excludes halogenated alkanes) is 27. The van der Waals surface area contributed by atoms with Crippen LogP contribution in [0.4, 0.5) is 0 Å². The van der Waals surface area contributed by atoms with Gasteiger partial charge in [0.05, 0.1) is 32.0 Å². The summed E-state index contributed by atoms with van der Waals surface area (Å²) in [7, 11) is 0. The molecular formula is C58H107NO13. The van der Waals surface area contributed by atoms with Crippen molar-refractivity contribution in [2.45, 2.75) is 306 Å². The first-order valence-electron chi connectivity index (χ1n) is 29.2. The lowest BCUT2D eigenvalue weighted by atomic mass is 9.97. The number of carbonyl (C=O) groups excluding carboxylic acids is 1. The number of nitrogens with one attached hydrogen (secondary N) is 1. The molecule has 2 heterocycles. The largest absolute Gasteiger partial charge is 0.394 e. The van der Waals surface area contributed by atoms with Crippen LogP contribution in [0.25, 0.3) is 0 Å². The Morgan fingerprint density at radius 3 is 1.47 bits per heavy atom. The van der Waals surface area contributed by atoms with E-state index in [1.54, 1.807) is 0 Å². The zero-order chi connectivity index (χ0) is 52.4. The van der Waals surface area contributed by atoms with Crippen LogP contribution >= 0.6 is 0 Å². The Bertz CT molecular complexity index is 1350. The fraction of sp³-hybridized carbons (Fsp3) is 0.879. The number of allylic oxidation sites excluding steroid dienone is 6. The van der Waals surface area contributed by atoms with Gasteiger partial charge in [0, 0.05) is 6.42 Å². The molecule has 0 aromatic rings. The van der Waals surface area contributed by atoms with Gasteiger partial charge in [-0.3, -0.25) is 4.79 Å². The summed E-state index contributed by atoms with van der Waals surface area (Å²) in [5.74, 6) is -0.216. The van der Waals surface area contributed by atoms with Crippen molar-refractivity contribution in [1.82, 2.24) is 5.32 Å². The van der Waals surface area contributed by atoms with Crippen molar-refractivity contribution in [2.24, 2.45) is 0 Å². The van der Waals surface area contributed by atoms with Gasteiger partial charge in [0.15, 0.2) is 12.6 Å². The monoisotopic (exact) mass is 1030 g/mol. The molecule has 0 saturated carbocycles. The van der Waals surface area contributed by atoms with Crippen LogP contribution in [-0.2, 0) is 23.7 Å². The lowest BCUT2D eigenvalue weighted by molar-refractivity contribution is -0.359. The molecule has 1 amide bonds. The van der Waals surface area contributed by atoms with Crippen LogP contribution < -0.4 is 5.32 Å². The van der Waals surface area contributed by atoms with Crippen LogP contribution in [-0.4, -0.2) is 140 Å². The highest BCUT2D eigenvalue weighted by Gasteiger charge is 2.51. The third-order valence-corrected chi connectivity index (χ3v) is 14.4. The summed E-state index contributed by atoms with van der Waals surface area (Å²) in [6, 6.07) is -0.834. The zero-order valence-corrected chi connectivity index (χ0v) is 45.2. The van der Waals surface area contributed by atoms with E-state index in [2.05, 4.69) is 55.6 Å². The normalized spacial score (nSPS) is 25.8. The summed E-state index contributed by atoms with van der Waals surface area (Å²) in [6.45, 7) is 2.76. The molecule has 2 aliphatic rings. The fourth-order valence-corrected chi connectivity index (χ4v) is 9.66. The molecular weight excluding hydrogens is 919 g/mol. The zero-order valence-electron chi connectivity index (χ0n) is 45.2. The molecule has 422 valence electrons. The van der Waals surface area contributed by atoms with Gasteiger partial charge in [0.2, 0.25) is 5.91 Å². The summed E-state index contributed by atoms with van der Waals surface area (Å²) in [5.41, 5.74) is 0. The second-order valence-corrected chi connectivity index (χ2v) is 20.7. The predicted molar refractivity (Wildman–Crippen MR) is 286 cm³/mol. The average molecular weight is 1030 g/mol. The molecule has 0 aliphatic carbocycles. The van der Waals surface area contributed by atoms with E-state index in [1.807, 2.05) is 0 Å². The third kappa shape index (κ3) is 30.1. The second kappa shape index (κ2) is 44.3. The highest BCUT2D eigenvalue weighted by Crippen LogP contribution is 2.30. The van der Waals surface area contributed by atoms with E-state index in [-0.39, 0.29) is 12.5 Å². The molecule has 12 unspecified atom stereocenters. The number of ether oxygens (including phenoxy) is 4. The van der Waals surface area contributed by atoms with Gasteiger partial charge >= 0.3 is 0 Å². The Balaban J connectivity index is 1.77. The summed E-state index contributed by atoms with van der Waals surface area (Å²) >= 11 is 0. The van der Waals surface area contributed by atoms with Crippen LogP contribution in [0, 0.1) is 0 Å². The summed E-state index contributed by atoms with van der Waals surface area (Å²) in [5, 5.41) is 87.2. The Morgan fingerprint density at radius 1 is 0.514 bits per heavy atom. The highest BCUT2D eigenvalue weighted by atomic mass is 16.7. The minimum atomic E-state index is -1.78. The van der Waals surface area contributed by atoms with Crippen LogP contribution in [0.1, 0.15) is 232 Å².